The molecule has 0 unspecified atom stereocenters. The number of nitrogens with one attached hydrogen (secondary N) is 2. The van der Waals surface area contributed by atoms with Crippen molar-refractivity contribution < 1.29 is 9.90 Å². The molecule has 22 heavy (non-hydrogen) atoms. The zero-order chi connectivity index (χ0) is 15.4. The highest BCUT2D eigenvalue weighted by atomic mass is 16.3. The van der Waals surface area contributed by atoms with Gasteiger partial charge in [0.1, 0.15) is 5.82 Å². The van der Waals surface area contributed by atoms with Gasteiger partial charge in [-0.15, -0.1) is 0 Å². The van der Waals surface area contributed by atoms with Gasteiger partial charge >= 0.3 is 6.03 Å². The summed E-state index contributed by atoms with van der Waals surface area (Å²) in [6.45, 7) is 2.13. The molecule has 0 radical (unpaired) electrons. The van der Waals surface area contributed by atoms with Gasteiger partial charge in [-0.25, -0.2) is 9.78 Å². The van der Waals surface area contributed by atoms with E-state index >= 15 is 0 Å². The van der Waals surface area contributed by atoms with E-state index in [2.05, 4.69) is 20.5 Å². The van der Waals surface area contributed by atoms with Crippen molar-refractivity contribution in [2.45, 2.75) is 50.7 Å². The van der Waals surface area contributed by atoms with E-state index in [1.165, 1.54) is 12.8 Å². The normalized spacial score (nSPS) is 25.0. The van der Waals surface area contributed by atoms with Crippen molar-refractivity contribution >= 4 is 17.5 Å². The fourth-order valence-corrected chi connectivity index (χ4v) is 3.17. The molecule has 0 atom stereocenters. The Morgan fingerprint density at radius 1 is 1.18 bits per heavy atom. The van der Waals surface area contributed by atoms with Gasteiger partial charge in [0.25, 0.3) is 0 Å². The number of nitrogens with zero attached hydrogens (tertiary/aromatic N) is 2. The maximum Gasteiger partial charge on any atom is 0.319 e. The van der Waals surface area contributed by atoms with E-state index in [1.54, 1.807) is 6.20 Å². The number of anilines is 2. The second-order valence-electron chi connectivity index (χ2n) is 6.20. The molecule has 3 N–H and O–H groups in total. The molecule has 1 saturated heterocycles. The summed E-state index contributed by atoms with van der Waals surface area (Å²) >= 11 is 0. The molecule has 0 bridgehead atoms. The molecule has 2 heterocycles. The summed E-state index contributed by atoms with van der Waals surface area (Å²) in [6.07, 6.45) is 7.14. The maximum absolute atomic E-state index is 12.0. The predicted octanol–water partition coefficient (Wildman–Crippen LogP) is 2.11. The van der Waals surface area contributed by atoms with E-state index in [4.69, 9.17) is 0 Å². The molecule has 1 aromatic rings. The molecule has 0 spiro atoms. The molecule has 120 valence electrons. The van der Waals surface area contributed by atoms with Gasteiger partial charge in [0.2, 0.25) is 0 Å². The van der Waals surface area contributed by atoms with Crippen molar-refractivity contribution in [1.82, 2.24) is 10.3 Å². The highest BCUT2D eigenvalue weighted by molar-refractivity contribution is 5.89. The van der Waals surface area contributed by atoms with E-state index in [9.17, 15) is 9.90 Å². The van der Waals surface area contributed by atoms with E-state index in [-0.39, 0.29) is 18.2 Å². The number of carbonyl (C=O) groups excluding carboxylic acids is 1. The Morgan fingerprint density at radius 3 is 2.55 bits per heavy atom. The first-order valence-electron chi connectivity index (χ1n) is 8.17. The summed E-state index contributed by atoms with van der Waals surface area (Å²) in [5, 5.41) is 15.3. The van der Waals surface area contributed by atoms with Crippen LogP contribution >= 0.6 is 0 Å². The molecule has 1 aliphatic carbocycles. The second-order valence-corrected chi connectivity index (χ2v) is 6.20. The summed E-state index contributed by atoms with van der Waals surface area (Å²) in [6, 6.07) is 3.81. The minimum atomic E-state index is -0.205. The Bertz CT molecular complexity index is 491. The van der Waals surface area contributed by atoms with E-state index < -0.39 is 0 Å². The molecule has 1 aliphatic heterocycles. The number of aliphatic hydroxyl groups excluding tert-OH is 1. The first kappa shape index (κ1) is 15.1. The molecular weight excluding hydrogens is 280 g/mol. The van der Waals surface area contributed by atoms with Crippen LogP contribution in [-0.2, 0) is 0 Å². The summed E-state index contributed by atoms with van der Waals surface area (Å²) in [5.74, 6) is 0.977. The minimum absolute atomic E-state index is 0.153. The Hall–Kier alpha value is -1.82. The number of amides is 2. The number of aromatic nitrogens is 1. The van der Waals surface area contributed by atoms with Crippen molar-refractivity contribution in [3.8, 4) is 0 Å². The first-order chi connectivity index (χ1) is 10.7. The highest BCUT2D eigenvalue weighted by Crippen LogP contribution is 2.20. The smallest absolute Gasteiger partial charge is 0.319 e. The van der Waals surface area contributed by atoms with Gasteiger partial charge in [-0.2, -0.15) is 0 Å². The topological polar surface area (TPSA) is 77.5 Å². The predicted molar refractivity (Wildman–Crippen MR) is 86.1 cm³/mol. The highest BCUT2D eigenvalue weighted by Gasteiger charge is 2.20. The molecular formula is C16H24N4O2. The average molecular weight is 304 g/mol. The van der Waals surface area contributed by atoms with Crippen molar-refractivity contribution in [1.29, 1.82) is 0 Å². The molecule has 6 nitrogen and oxygen atoms in total. The van der Waals surface area contributed by atoms with Crippen molar-refractivity contribution in [3.05, 3.63) is 18.3 Å². The lowest BCUT2D eigenvalue weighted by Crippen LogP contribution is -2.40. The van der Waals surface area contributed by atoms with Crippen LogP contribution in [-0.4, -0.2) is 41.4 Å². The first-order valence-corrected chi connectivity index (χ1v) is 8.17. The largest absolute Gasteiger partial charge is 0.393 e. The van der Waals surface area contributed by atoms with Crippen molar-refractivity contribution in [2.75, 3.05) is 23.3 Å². The van der Waals surface area contributed by atoms with Crippen LogP contribution in [0.5, 0.6) is 0 Å². The van der Waals surface area contributed by atoms with Crippen LogP contribution < -0.4 is 15.5 Å². The van der Waals surface area contributed by atoms with Gasteiger partial charge in [-0.3, -0.25) is 0 Å². The van der Waals surface area contributed by atoms with Gasteiger partial charge < -0.3 is 20.6 Å². The molecule has 1 saturated carbocycles. The summed E-state index contributed by atoms with van der Waals surface area (Å²) < 4.78 is 0. The van der Waals surface area contributed by atoms with E-state index in [0.717, 1.165) is 44.6 Å². The fraction of sp³-hybridized carbons (Fsp3) is 0.625. The number of pyridine rings is 1. The van der Waals surface area contributed by atoms with Crippen molar-refractivity contribution in [3.63, 3.8) is 0 Å². The van der Waals surface area contributed by atoms with Crippen LogP contribution in [0.15, 0.2) is 18.3 Å². The zero-order valence-corrected chi connectivity index (χ0v) is 12.8. The summed E-state index contributed by atoms with van der Waals surface area (Å²) in [5.41, 5.74) is 0.705. The number of urea groups is 1. The molecule has 0 aromatic carbocycles. The summed E-state index contributed by atoms with van der Waals surface area (Å²) in [4.78, 5) is 18.7. The third-order valence-corrected chi connectivity index (χ3v) is 4.47. The maximum atomic E-state index is 12.0. The molecule has 1 aromatic heterocycles. The third kappa shape index (κ3) is 3.88. The Labute approximate surface area is 130 Å². The van der Waals surface area contributed by atoms with Crippen LogP contribution in [0, 0.1) is 0 Å². The quantitative estimate of drug-likeness (QED) is 0.799. The molecule has 2 aliphatic rings. The molecule has 6 heteroatoms. The standard InChI is InChI=1S/C16H24N4O2/c21-14-6-3-12(4-7-14)18-16(22)19-13-5-8-15(17-11-13)20-9-1-2-10-20/h5,8,11-12,14,21H,1-4,6-7,9-10H2,(H2,18,19,22). The van der Waals surface area contributed by atoms with E-state index in [1.807, 2.05) is 12.1 Å². The average Bonchev–Trinajstić information content (AvgIpc) is 3.05. The van der Waals surface area contributed by atoms with Gasteiger partial charge in [0.15, 0.2) is 0 Å². The number of aliphatic hydroxyl groups is 1. The van der Waals surface area contributed by atoms with Gasteiger partial charge in [0, 0.05) is 19.1 Å². The lowest BCUT2D eigenvalue weighted by atomic mass is 9.93. The number of hydrogen-bond acceptors (Lipinski definition) is 4. The second kappa shape index (κ2) is 6.96. The lowest BCUT2D eigenvalue weighted by Gasteiger charge is -2.26. The monoisotopic (exact) mass is 304 g/mol. The SMILES string of the molecule is O=C(Nc1ccc(N2CCCC2)nc1)NC1CCC(O)CC1. The Morgan fingerprint density at radius 2 is 1.91 bits per heavy atom. The van der Waals surface area contributed by atoms with E-state index in [0.29, 0.717) is 5.69 Å². The van der Waals surface area contributed by atoms with Crippen LogP contribution in [0.3, 0.4) is 0 Å². The summed E-state index contributed by atoms with van der Waals surface area (Å²) in [7, 11) is 0. The molecule has 3 rings (SSSR count). The zero-order valence-electron chi connectivity index (χ0n) is 12.8. The van der Waals surface area contributed by atoms with Crippen LogP contribution in [0.25, 0.3) is 0 Å². The van der Waals surface area contributed by atoms with Crippen molar-refractivity contribution in [2.24, 2.45) is 0 Å². The Balaban J connectivity index is 1.48. The van der Waals surface area contributed by atoms with Crippen LogP contribution in [0.1, 0.15) is 38.5 Å². The Kier molecular flexibility index (Phi) is 4.77. The lowest BCUT2D eigenvalue weighted by molar-refractivity contribution is 0.118. The molecule has 2 fully saturated rings. The van der Waals surface area contributed by atoms with Crippen LogP contribution in [0.4, 0.5) is 16.3 Å². The fourth-order valence-electron chi connectivity index (χ4n) is 3.17. The van der Waals surface area contributed by atoms with Crippen LogP contribution in [0.2, 0.25) is 0 Å². The third-order valence-electron chi connectivity index (χ3n) is 4.47. The number of rotatable bonds is 3. The molecule has 2 amide bonds. The van der Waals surface area contributed by atoms with Gasteiger partial charge in [-0.1, -0.05) is 0 Å². The number of hydrogen-bond donors (Lipinski definition) is 3. The minimum Gasteiger partial charge on any atom is -0.393 e. The number of carbonyl (C=O) groups is 1. The van der Waals surface area contributed by atoms with Gasteiger partial charge in [-0.05, 0) is 50.7 Å². The van der Waals surface area contributed by atoms with Gasteiger partial charge in [0.05, 0.1) is 18.0 Å².